The maximum absolute atomic E-state index is 12.6. The highest BCUT2D eigenvalue weighted by Gasteiger charge is 2.34. The molecule has 2 atom stereocenters. The lowest BCUT2D eigenvalue weighted by Crippen LogP contribution is -2.48. The molecular weight excluding hydrogens is 354 g/mol. The lowest BCUT2D eigenvalue weighted by atomic mass is 9.88. The van der Waals surface area contributed by atoms with E-state index in [-0.39, 0.29) is 11.8 Å². The Morgan fingerprint density at radius 1 is 1.14 bits per heavy atom. The molecule has 0 saturated carbocycles. The normalized spacial score (nSPS) is 20.1. The van der Waals surface area contributed by atoms with Gasteiger partial charge in [-0.3, -0.25) is 19.5 Å². The molecule has 3 rings (SSSR count). The second kappa shape index (κ2) is 9.80. The van der Waals surface area contributed by atoms with Crippen LogP contribution in [0.2, 0.25) is 0 Å². The third-order valence-corrected chi connectivity index (χ3v) is 4.91. The van der Waals surface area contributed by atoms with E-state index >= 15 is 0 Å². The van der Waals surface area contributed by atoms with Crippen LogP contribution in [0.1, 0.15) is 17.5 Å². The fourth-order valence-electron chi connectivity index (χ4n) is 3.45. The van der Waals surface area contributed by atoms with E-state index in [4.69, 9.17) is 0 Å². The molecule has 2 aromatic rings. The van der Waals surface area contributed by atoms with Crippen LogP contribution >= 0.6 is 0 Å². The predicted octanol–water partition coefficient (Wildman–Crippen LogP) is 2.43. The number of hydrogen-bond donors (Lipinski definition) is 2. The number of nitrogens with one attached hydrogen (secondary N) is 1. The van der Waals surface area contributed by atoms with E-state index in [1.165, 1.54) is 0 Å². The number of likely N-dealkylation sites (tertiary alicyclic amines) is 1. The van der Waals surface area contributed by atoms with Gasteiger partial charge in [0.25, 0.3) is 0 Å². The third kappa shape index (κ3) is 5.76. The number of carboxylic acid groups (broad SMARTS) is 1. The summed E-state index contributed by atoms with van der Waals surface area (Å²) in [6, 6.07) is 13.7. The van der Waals surface area contributed by atoms with Gasteiger partial charge in [0.2, 0.25) is 5.91 Å². The summed E-state index contributed by atoms with van der Waals surface area (Å²) >= 11 is 0. The van der Waals surface area contributed by atoms with Crippen LogP contribution in [0.5, 0.6) is 0 Å². The van der Waals surface area contributed by atoms with Gasteiger partial charge in [-0.1, -0.05) is 48.6 Å². The fourth-order valence-corrected chi connectivity index (χ4v) is 3.45. The molecule has 28 heavy (non-hydrogen) atoms. The van der Waals surface area contributed by atoms with E-state index in [2.05, 4.69) is 10.3 Å². The smallest absolute Gasteiger partial charge is 0.307 e. The van der Waals surface area contributed by atoms with Crippen molar-refractivity contribution in [1.82, 2.24) is 15.2 Å². The molecule has 1 aliphatic rings. The number of nitrogens with zero attached hydrogens (tertiary/aromatic N) is 2. The highest BCUT2D eigenvalue weighted by atomic mass is 16.4. The summed E-state index contributed by atoms with van der Waals surface area (Å²) in [7, 11) is 0. The molecule has 1 aromatic heterocycles. The summed E-state index contributed by atoms with van der Waals surface area (Å²) in [6.45, 7) is 2.03. The molecule has 0 aliphatic carbocycles. The Balaban J connectivity index is 1.58. The van der Waals surface area contributed by atoms with Crippen LogP contribution in [0, 0.1) is 11.8 Å². The summed E-state index contributed by atoms with van der Waals surface area (Å²) in [4.78, 5) is 30.2. The molecular formula is C22H25N3O3. The number of carboxylic acids is 1. The van der Waals surface area contributed by atoms with Crippen LogP contribution in [0.25, 0.3) is 6.08 Å². The molecule has 146 valence electrons. The molecule has 0 unspecified atom stereocenters. The first-order chi connectivity index (χ1) is 13.6. The Bertz CT molecular complexity index is 808. The molecule has 6 nitrogen and oxygen atoms in total. The summed E-state index contributed by atoms with van der Waals surface area (Å²) in [5.41, 5.74) is 2.02. The Labute approximate surface area is 164 Å². The third-order valence-electron chi connectivity index (χ3n) is 4.91. The molecule has 1 fully saturated rings. The number of carbonyl (C=O) groups is 2. The largest absolute Gasteiger partial charge is 0.481 e. The van der Waals surface area contributed by atoms with Crippen molar-refractivity contribution in [3.63, 3.8) is 0 Å². The molecule has 6 heteroatoms. The zero-order chi connectivity index (χ0) is 19.8. The summed E-state index contributed by atoms with van der Waals surface area (Å²) in [5.74, 6) is -1.82. The molecule has 1 saturated heterocycles. The van der Waals surface area contributed by atoms with Gasteiger partial charge in [-0.2, -0.15) is 0 Å². The minimum Gasteiger partial charge on any atom is -0.481 e. The molecule has 2 heterocycles. The van der Waals surface area contributed by atoms with E-state index in [0.717, 1.165) is 11.1 Å². The second-order valence-electron chi connectivity index (χ2n) is 7.08. The number of hydrogen-bond acceptors (Lipinski definition) is 4. The van der Waals surface area contributed by atoms with E-state index in [9.17, 15) is 14.7 Å². The number of pyridine rings is 1. The van der Waals surface area contributed by atoms with Crippen molar-refractivity contribution in [3.05, 3.63) is 72.1 Å². The van der Waals surface area contributed by atoms with Gasteiger partial charge in [-0.15, -0.1) is 0 Å². The summed E-state index contributed by atoms with van der Waals surface area (Å²) < 4.78 is 0. The quantitative estimate of drug-likeness (QED) is 0.772. The van der Waals surface area contributed by atoms with E-state index in [0.29, 0.717) is 32.6 Å². The van der Waals surface area contributed by atoms with E-state index in [1.54, 1.807) is 12.4 Å². The molecule has 1 amide bonds. The maximum Gasteiger partial charge on any atom is 0.307 e. The van der Waals surface area contributed by atoms with Crippen molar-refractivity contribution in [2.45, 2.75) is 13.0 Å². The highest BCUT2D eigenvalue weighted by Crippen LogP contribution is 2.23. The van der Waals surface area contributed by atoms with Crippen molar-refractivity contribution in [2.75, 3.05) is 19.6 Å². The van der Waals surface area contributed by atoms with Crippen LogP contribution in [0.3, 0.4) is 0 Å². The topological polar surface area (TPSA) is 82.5 Å². The molecule has 2 N–H and O–H groups in total. The van der Waals surface area contributed by atoms with E-state index < -0.39 is 11.9 Å². The Hall–Kier alpha value is -2.99. The average molecular weight is 379 g/mol. The predicted molar refractivity (Wildman–Crippen MR) is 107 cm³/mol. The number of carbonyl (C=O) groups excluding carboxylic acids is 1. The second-order valence-corrected chi connectivity index (χ2v) is 7.08. The highest BCUT2D eigenvalue weighted by molar-refractivity contribution is 5.80. The molecule has 0 bridgehead atoms. The first kappa shape index (κ1) is 19.8. The van der Waals surface area contributed by atoms with Crippen LogP contribution in [0.4, 0.5) is 0 Å². The summed E-state index contributed by atoms with van der Waals surface area (Å²) in [6.07, 6.45) is 7.80. The molecule has 1 aromatic carbocycles. The van der Waals surface area contributed by atoms with E-state index in [1.807, 2.05) is 59.5 Å². The SMILES string of the molecule is O=C(O)[C@H]1C[C@@H](C(=O)NCc2cccnc2)CN(CC=Cc2ccccc2)C1. The Morgan fingerprint density at radius 2 is 1.93 bits per heavy atom. The van der Waals surface area contributed by atoms with Crippen LogP contribution in [0.15, 0.2) is 60.9 Å². The zero-order valence-corrected chi connectivity index (χ0v) is 15.7. The van der Waals surface area contributed by atoms with Gasteiger partial charge >= 0.3 is 5.97 Å². The zero-order valence-electron chi connectivity index (χ0n) is 15.7. The van der Waals surface area contributed by atoms with Gasteiger partial charge in [0, 0.05) is 38.6 Å². The number of benzene rings is 1. The Morgan fingerprint density at radius 3 is 2.64 bits per heavy atom. The first-order valence-electron chi connectivity index (χ1n) is 9.45. The van der Waals surface area contributed by atoms with Crippen molar-refractivity contribution in [2.24, 2.45) is 11.8 Å². The number of amides is 1. The number of piperidine rings is 1. The van der Waals surface area contributed by atoms with Gasteiger partial charge < -0.3 is 10.4 Å². The standard InChI is InChI=1S/C22H25N3O3/c26-21(24-14-18-8-4-10-23-13-18)19-12-20(22(27)28)16-25(15-19)11-5-9-17-6-2-1-3-7-17/h1-10,13,19-20H,11-12,14-16H2,(H,24,26)(H,27,28)/t19-,20+/m1/s1. The lowest BCUT2D eigenvalue weighted by molar-refractivity contribution is -0.145. The van der Waals surface area contributed by atoms with Crippen LogP contribution in [-0.2, 0) is 16.1 Å². The maximum atomic E-state index is 12.6. The number of aromatic nitrogens is 1. The van der Waals surface area contributed by atoms with Gasteiger partial charge in [0.05, 0.1) is 11.8 Å². The first-order valence-corrected chi connectivity index (χ1v) is 9.45. The van der Waals surface area contributed by atoms with Gasteiger partial charge in [-0.05, 0) is 23.6 Å². The van der Waals surface area contributed by atoms with Gasteiger partial charge in [-0.25, -0.2) is 0 Å². The average Bonchev–Trinajstić information content (AvgIpc) is 2.73. The van der Waals surface area contributed by atoms with Gasteiger partial charge in [0.15, 0.2) is 0 Å². The van der Waals surface area contributed by atoms with Crippen molar-refractivity contribution < 1.29 is 14.7 Å². The van der Waals surface area contributed by atoms with Gasteiger partial charge in [0.1, 0.15) is 0 Å². The molecule has 0 spiro atoms. The van der Waals surface area contributed by atoms with Crippen LogP contribution in [-0.4, -0.2) is 46.5 Å². The van der Waals surface area contributed by atoms with Crippen molar-refractivity contribution in [3.8, 4) is 0 Å². The monoisotopic (exact) mass is 379 g/mol. The summed E-state index contributed by atoms with van der Waals surface area (Å²) in [5, 5.41) is 12.4. The molecule has 0 radical (unpaired) electrons. The Kier molecular flexibility index (Phi) is 6.92. The fraction of sp³-hybridized carbons (Fsp3) is 0.318. The lowest BCUT2D eigenvalue weighted by Gasteiger charge is -2.34. The minimum absolute atomic E-state index is 0.105. The van der Waals surface area contributed by atoms with Crippen molar-refractivity contribution >= 4 is 18.0 Å². The number of aliphatic carboxylic acids is 1. The van der Waals surface area contributed by atoms with Crippen LogP contribution < -0.4 is 5.32 Å². The number of rotatable bonds is 7. The molecule has 1 aliphatic heterocycles. The van der Waals surface area contributed by atoms with Crippen molar-refractivity contribution in [1.29, 1.82) is 0 Å². The minimum atomic E-state index is -0.846.